The highest BCUT2D eigenvalue weighted by Crippen LogP contribution is 2.65. The Hall–Kier alpha value is -3.95. The molecule has 3 aliphatic heterocycles. The van der Waals surface area contributed by atoms with Crippen molar-refractivity contribution < 1.29 is 24.2 Å². The van der Waals surface area contributed by atoms with E-state index in [0.29, 0.717) is 44.5 Å². The standard InChI is InChI=1S/C41H56N4O5/c1-8-24-43(27-30-16-14-13-15-17-30)37(47)34-35-38(48)45(33(28-46)26-29(6)7)36(41(35)23-22-40(34,10-3)50-41)39(49)44(25-9-2)32-20-18-31(19-21-32)42(11-4)12-5/h8-9,13-21,29,33-36,46H,1-2,10-12,22-28H2,3-7H3/t33-,34+,35+,36?,40-,41?/m1/s1. The number of anilines is 2. The van der Waals surface area contributed by atoms with Crippen LogP contribution in [0.2, 0.25) is 0 Å². The molecule has 9 heteroatoms. The normalized spacial score (nSPS) is 25.8. The summed E-state index contributed by atoms with van der Waals surface area (Å²) in [5.41, 5.74) is 0.611. The molecule has 3 fully saturated rings. The van der Waals surface area contributed by atoms with Gasteiger partial charge < -0.3 is 29.4 Å². The number of likely N-dealkylation sites (tertiary alicyclic amines) is 1. The third kappa shape index (κ3) is 6.50. The van der Waals surface area contributed by atoms with E-state index in [1.807, 2.05) is 75.4 Å². The van der Waals surface area contributed by atoms with Gasteiger partial charge in [0.05, 0.1) is 30.1 Å². The van der Waals surface area contributed by atoms with Crippen molar-refractivity contribution in [1.29, 1.82) is 0 Å². The Labute approximate surface area is 298 Å². The first kappa shape index (κ1) is 37.3. The zero-order valence-corrected chi connectivity index (χ0v) is 30.6. The number of aliphatic hydroxyl groups excluding tert-OH is 1. The van der Waals surface area contributed by atoms with Gasteiger partial charge in [-0.2, -0.15) is 0 Å². The van der Waals surface area contributed by atoms with Crippen LogP contribution in [0, 0.1) is 17.8 Å². The molecule has 2 bridgehead atoms. The van der Waals surface area contributed by atoms with Gasteiger partial charge in [0.1, 0.15) is 11.6 Å². The van der Waals surface area contributed by atoms with Crippen molar-refractivity contribution >= 4 is 29.1 Å². The summed E-state index contributed by atoms with van der Waals surface area (Å²) in [5.74, 6) is -2.23. The maximum atomic E-state index is 15.2. The van der Waals surface area contributed by atoms with Gasteiger partial charge in [-0.1, -0.05) is 63.3 Å². The van der Waals surface area contributed by atoms with Gasteiger partial charge in [0.15, 0.2) is 0 Å². The number of aliphatic hydroxyl groups is 1. The number of rotatable bonds is 17. The smallest absolute Gasteiger partial charge is 0.253 e. The van der Waals surface area contributed by atoms with Crippen LogP contribution in [-0.4, -0.2) is 88.7 Å². The molecule has 0 radical (unpaired) electrons. The summed E-state index contributed by atoms with van der Waals surface area (Å²) in [7, 11) is 0. The zero-order valence-electron chi connectivity index (χ0n) is 30.6. The van der Waals surface area contributed by atoms with Crippen LogP contribution < -0.4 is 9.80 Å². The summed E-state index contributed by atoms with van der Waals surface area (Å²) in [5, 5.41) is 10.8. The molecule has 3 heterocycles. The van der Waals surface area contributed by atoms with Gasteiger partial charge in [-0.05, 0) is 75.3 Å². The second kappa shape index (κ2) is 15.5. The zero-order chi connectivity index (χ0) is 36.2. The predicted molar refractivity (Wildman–Crippen MR) is 199 cm³/mol. The third-order valence-electron chi connectivity index (χ3n) is 11.2. The van der Waals surface area contributed by atoms with E-state index in [9.17, 15) is 9.90 Å². The Morgan fingerprint density at radius 3 is 2.16 bits per heavy atom. The lowest BCUT2D eigenvalue weighted by Crippen LogP contribution is -2.59. The van der Waals surface area contributed by atoms with Gasteiger partial charge in [-0.15, -0.1) is 13.2 Å². The highest BCUT2D eigenvalue weighted by atomic mass is 16.5. The summed E-state index contributed by atoms with van der Waals surface area (Å²) in [6.45, 7) is 20.5. The molecular formula is C41H56N4O5. The average Bonchev–Trinajstić information content (AvgIpc) is 3.73. The lowest BCUT2D eigenvalue weighted by molar-refractivity contribution is -0.154. The molecule has 5 rings (SSSR count). The molecule has 9 nitrogen and oxygen atoms in total. The Morgan fingerprint density at radius 1 is 0.960 bits per heavy atom. The van der Waals surface area contributed by atoms with Crippen molar-refractivity contribution in [3.05, 3.63) is 85.5 Å². The van der Waals surface area contributed by atoms with E-state index in [-0.39, 0.29) is 36.8 Å². The summed E-state index contributed by atoms with van der Waals surface area (Å²) in [6, 6.07) is 16.1. The largest absolute Gasteiger partial charge is 0.394 e. The summed E-state index contributed by atoms with van der Waals surface area (Å²) in [6.07, 6.45) is 5.46. The number of amides is 3. The van der Waals surface area contributed by atoms with Gasteiger partial charge in [0.2, 0.25) is 11.8 Å². The first-order valence-electron chi connectivity index (χ1n) is 18.4. The fourth-order valence-corrected chi connectivity index (χ4v) is 8.94. The number of fused-ring (bicyclic) bond motifs is 1. The van der Waals surface area contributed by atoms with Crippen molar-refractivity contribution in [1.82, 2.24) is 9.80 Å². The lowest BCUT2D eigenvalue weighted by atomic mass is 9.64. The molecule has 3 amide bonds. The number of hydrogen-bond donors (Lipinski definition) is 1. The molecule has 6 atom stereocenters. The number of carbonyl (C=O) groups is 3. The Bertz CT molecular complexity index is 1530. The van der Waals surface area contributed by atoms with Crippen molar-refractivity contribution in [2.24, 2.45) is 17.8 Å². The molecule has 270 valence electrons. The first-order valence-corrected chi connectivity index (χ1v) is 18.4. The molecule has 50 heavy (non-hydrogen) atoms. The van der Waals surface area contributed by atoms with Crippen LogP contribution in [0.1, 0.15) is 65.9 Å². The Kier molecular flexibility index (Phi) is 11.6. The lowest BCUT2D eigenvalue weighted by Gasteiger charge is -2.40. The minimum absolute atomic E-state index is 0.149. The van der Waals surface area contributed by atoms with Crippen LogP contribution in [0.25, 0.3) is 0 Å². The Balaban J connectivity index is 1.61. The van der Waals surface area contributed by atoms with E-state index in [1.54, 1.807) is 26.9 Å². The van der Waals surface area contributed by atoms with Crippen LogP contribution in [0.5, 0.6) is 0 Å². The third-order valence-corrected chi connectivity index (χ3v) is 11.2. The molecule has 2 aromatic carbocycles. The minimum atomic E-state index is -1.22. The topological polar surface area (TPSA) is 93.6 Å². The Morgan fingerprint density at radius 2 is 1.60 bits per heavy atom. The van der Waals surface area contributed by atoms with E-state index in [0.717, 1.165) is 24.3 Å². The van der Waals surface area contributed by atoms with E-state index in [1.165, 1.54) is 0 Å². The van der Waals surface area contributed by atoms with Crippen LogP contribution in [0.15, 0.2) is 79.9 Å². The predicted octanol–water partition coefficient (Wildman–Crippen LogP) is 5.83. The average molecular weight is 685 g/mol. The van der Waals surface area contributed by atoms with Crippen LogP contribution in [0.3, 0.4) is 0 Å². The van der Waals surface area contributed by atoms with Crippen molar-refractivity contribution in [3.8, 4) is 0 Å². The molecule has 2 aromatic rings. The van der Waals surface area contributed by atoms with Crippen molar-refractivity contribution in [2.75, 3.05) is 42.6 Å². The number of ether oxygens (including phenoxy) is 1. The van der Waals surface area contributed by atoms with Gasteiger partial charge >= 0.3 is 0 Å². The van der Waals surface area contributed by atoms with Gasteiger partial charge in [-0.3, -0.25) is 14.4 Å². The number of hydrogen-bond acceptors (Lipinski definition) is 6. The summed E-state index contributed by atoms with van der Waals surface area (Å²) in [4.78, 5) is 52.3. The highest BCUT2D eigenvalue weighted by molar-refractivity contribution is 6.05. The second-order valence-corrected chi connectivity index (χ2v) is 14.5. The van der Waals surface area contributed by atoms with E-state index >= 15 is 9.59 Å². The molecule has 0 aromatic heterocycles. The van der Waals surface area contributed by atoms with E-state index in [2.05, 4.69) is 31.9 Å². The molecule has 3 saturated heterocycles. The molecule has 1 spiro atoms. The highest BCUT2D eigenvalue weighted by Gasteiger charge is 2.79. The number of nitrogens with zero attached hydrogens (tertiary/aromatic N) is 4. The summed E-state index contributed by atoms with van der Waals surface area (Å²) >= 11 is 0. The minimum Gasteiger partial charge on any atom is -0.394 e. The maximum absolute atomic E-state index is 15.2. The molecular weight excluding hydrogens is 628 g/mol. The fourth-order valence-electron chi connectivity index (χ4n) is 8.94. The monoisotopic (exact) mass is 684 g/mol. The van der Waals surface area contributed by atoms with Gasteiger partial charge in [0, 0.05) is 44.1 Å². The maximum Gasteiger partial charge on any atom is 0.253 e. The molecule has 0 saturated carbocycles. The van der Waals surface area contributed by atoms with Crippen molar-refractivity contribution in [2.45, 2.75) is 90.1 Å². The fraction of sp³-hybridized carbons (Fsp3) is 0.537. The van der Waals surface area contributed by atoms with Crippen LogP contribution in [0.4, 0.5) is 11.4 Å². The number of benzene rings is 2. The quantitative estimate of drug-likeness (QED) is 0.211. The number of carbonyl (C=O) groups excluding carboxylic acids is 3. The molecule has 3 aliphatic rings. The van der Waals surface area contributed by atoms with E-state index < -0.39 is 35.1 Å². The van der Waals surface area contributed by atoms with Crippen LogP contribution >= 0.6 is 0 Å². The molecule has 2 unspecified atom stereocenters. The van der Waals surface area contributed by atoms with Crippen molar-refractivity contribution in [3.63, 3.8) is 0 Å². The second-order valence-electron chi connectivity index (χ2n) is 14.5. The van der Waals surface area contributed by atoms with Crippen LogP contribution in [-0.2, 0) is 25.7 Å². The molecule has 1 N–H and O–H groups in total. The van der Waals surface area contributed by atoms with Gasteiger partial charge in [-0.25, -0.2) is 0 Å². The first-order chi connectivity index (χ1) is 24.1. The van der Waals surface area contributed by atoms with E-state index in [4.69, 9.17) is 4.74 Å². The SMILES string of the molecule is C=CCN(Cc1ccccc1)C(=O)[C@@H]1[C@H]2C(=O)N([C@@H](CO)CC(C)C)C(C(=O)N(CC=C)c3ccc(N(CC)CC)cc3)C23CC[C@@]1(CC)O3. The molecule has 0 aliphatic carbocycles. The van der Waals surface area contributed by atoms with Gasteiger partial charge in [0.25, 0.3) is 5.91 Å². The summed E-state index contributed by atoms with van der Waals surface area (Å²) < 4.78 is 7.11.